The Hall–Kier alpha value is -0.570. The van der Waals surface area contributed by atoms with Crippen molar-refractivity contribution >= 4 is 5.97 Å². The average molecular weight is 144 g/mol. The maximum Gasteiger partial charge on any atom is 0.312 e. The van der Waals surface area contributed by atoms with Gasteiger partial charge >= 0.3 is 5.97 Å². The Morgan fingerprint density at radius 2 is 2.40 bits per heavy atom. The third-order valence-corrected chi connectivity index (χ3v) is 2.43. The molecule has 0 saturated heterocycles. The first-order valence-electron chi connectivity index (χ1n) is 3.51. The Kier molecular flexibility index (Phi) is 1.68. The van der Waals surface area contributed by atoms with Crippen molar-refractivity contribution in [2.45, 2.75) is 19.8 Å². The minimum Gasteiger partial charge on any atom is -0.481 e. The summed E-state index contributed by atoms with van der Waals surface area (Å²) >= 11 is 0. The van der Waals surface area contributed by atoms with Gasteiger partial charge in [-0.05, 0) is 12.3 Å². The lowest BCUT2D eigenvalue weighted by molar-refractivity contribution is -0.145. The van der Waals surface area contributed by atoms with E-state index < -0.39 is 11.4 Å². The van der Waals surface area contributed by atoms with Crippen LogP contribution >= 0.6 is 0 Å². The molecule has 1 rings (SSSR count). The van der Waals surface area contributed by atoms with Crippen LogP contribution in [0.1, 0.15) is 19.8 Å². The summed E-state index contributed by atoms with van der Waals surface area (Å²) in [6.45, 7) is 1.74. The van der Waals surface area contributed by atoms with E-state index in [2.05, 4.69) is 0 Å². The van der Waals surface area contributed by atoms with Gasteiger partial charge in [-0.1, -0.05) is 13.3 Å². The van der Waals surface area contributed by atoms with E-state index in [0.29, 0.717) is 6.42 Å². The molecule has 0 heterocycles. The predicted octanol–water partition coefficient (Wildman–Crippen LogP) is 0.480. The van der Waals surface area contributed by atoms with Crippen molar-refractivity contribution in [2.24, 2.45) is 11.3 Å². The first kappa shape index (κ1) is 7.54. The maximum absolute atomic E-state index is 10.5. The molecule has 0 spiro atoms. The van der Waals surface area contributed by atoms with Gasteiger partial charge in [0.1, 0.15) is 0 Å². The minimum absolute atomic E-state index is 0.204. The molecule has 2 atom stereocenters. The average Bonchev–Trinajstić information content (AvgIpc) is 2.62. The first-order valence-corrected chi connectivity index (χ1v) is 3.51. The zero-order valence-corrected chi connectivity index (χ0v) is 6.00. The van der Waals surface area contributed by atoms with Crippen LogP contribution in [0.5, 0.6) is 0 Å². The van der Waals surface area contributed by atoms with E-state index in [4.69, 9.17) is 10.2 Å². The molecule has 2 N–H and O–H groups in total. The Morgan fingerprint density at radius 3 is 2.50 bits per heavy atom. The summed E-state index contributed by atoms with van der Waals surface area (Å²) in [4.78, 5) is 10.5. The first-order chi connectivity index (χ1) is 4.67. The summed E-state index contributed by atoms with van der Waals surface area (Å²) in [6.07, 6.45) is 1.50. The molecule has 0 aromatic carbocycles. The number of carbonyl (C=O) groups is 1. The number of carboxylic acid groups (broad SMARTS) is 1. The van der Waals surface area contributed by atoms with Crippen LogP contribution in [0.4, 0.5) is 0 Å². The highest BCUT2D eigenvalue weighted by molar-refractivity contribution is 5.78. The van der Waals surface area contributed by atoms with Crippen molar-refractivity contribution < 1.29 is 15.0 Å². The monoisotopic (exact) mass is 144 g/mol. The van der Waals surface area contributed by atoms with Crippen LogP contribution in [0.2, 0.25) is 0 Å². The fourth-order valence-electron chi connectivity index (χ4n) is 1.44. The lowest BCUT2D eigenvalue weighted by atomic mass is 10.0. The standard InChI is InChI=1S/C7H12O3/c1-2-5-3-7(5,4-8)6(9)10/h5,8H,2-4H2,1H3,(H,9,10). The third-order valence-electron chi connectivity index (χ3n) is 2.43. The molecule has 58 valence electrons. The second-order valence-corrected chi connectivity index (χ2v) is 2.93. The van der Waals surface area contributed by atoms with Crippen LogP contribution in [0.15, 0.2) is 0 Å². The van der Waals surface area contributed by atoms with Gasteiger partial charge in [0.05, 0.1) is 12.0 Å². The number of aliphatic carboxylic acids is 1. The van der Waals surface area contributed by atoms with E-state index in [-0.39, 0.29) is 12.5 Å². The topological polar surface area (TPSA) is 57.5 Å². The normalized spacial score (nSPS) is 37.6. The van der Waals surface area contributed by atoms with Crippen molar-refractivity contribution in [1.29, 1.82) is 0 Å². The predicted molar refractivity (Wildman–Crippen MR) is 35.6 cm³/mol. The highest BCUT2D eigenvalue weighted by atomic mass is 16.4. The summed E-state index contributed by atoms with van der Waals surface area (Å²) in [5.74, 6) is -0.642. The van der Waals surface area contributed by atoms with E-state index in [1.165, 1.54) is 0 Å². The van der Waals surface area contributed by atoms with Crippen LogP contribution in [-0.2, 0) is 4.79 Å². The molecule has 0 aliphatic heterocycles. The van der Waals surface area contributed by atoms with Gasteiger partial charge in [0.15, 0.2) is 0 Å². The van der Waals surface area contributed by atoms with Gasteiger partial charge in [-0.3, -0.25) is 4.79 Å². The molecule has 3 heteroatoms. The van der Waals surface area contributed by atoms with Crippen molar-refractivity contribution in [2.75, 3.05) is 6.61 Å². The molecule has 1 fully saturated rings. The van der Waals surface area contributed by atoms with Crippen LogP contribution in [-0.4, -0.2) is 22.8 Å². The molecule has 0 aromatic heterocycles. The van der Waals surface area contributed by atoms with Crippen molar-refractivity contribution in [3.63, 3.8) is 0 Å². The second-order valence-electron chi connectivity index (χ2n) is 2.93. The molecular formula is C7H12O3. The van der Waals surface area contributed by atoms with Gasteiger partial charge in [0, 0.05) is 0 Å². The molecule has 1 aliphatic carbocycles. The second kappa shape index (κ2) is 2.23. The Morgan fingerprint density at radius 1 is 1.80 bits per heavy atom. The number of aliphatic hydroxyl groups excluding tert-OH is 1. The molecule has 0 aromatic rings. The molecule has 3 nitrogen and oxygen atoms in total. The zero-order chi connectivity index (χ0) is 7.78. The van der Waals surface area contributed by atoms with Crippen LogP contribution in [0.3, 0.4) is 0 Å². The highest BCUT2D eigenvalue weighted by Crippen LogP contribution is 2.54. The lowest BCUT2D eigenvalue weighted by Crippen LogP contribution is -2.21. The number of hydrogen-bond acceptors (Lipinski definition) is 2. The molecular weight excluding hydrogens is 132 g/mol. The molecule has 0 bridgehead atoms. The van der Waals surface area contributed by atoms with Crippen LogP contribution in [0.25, 0.3) is 0 Å². The molecule has 2 unspecified atom stereocenters. The van der Waals surface area contributed by atoms with Crippen molar-refractivity contribution in [1.82, 2.24) is 0 Å². The largest absolute Gasteiger partial charge is 0.481 e. The summed E-state index contributed by atoms with van der Waals surface area (Å²) < 4.78 is 0. The summed E-state index contributed by atoms with van der Waals surface area (Å²) in [5.41, 5.74) is -0.769. The summed E-state index contributed by atoms with van der Waals surface area (Å²) in [7, 11) is 0. The zero-order valence-electron chi connectivity index (χ0n) is 6.00. The van der Waals surface area contributed by atoms with E-state index in [0.717, 1.165) is 6.42 Å². The summed E-state index contributed by atoms with van der Waals surface area (Å²) in [5, 5.41) is 17.4. The van der Waals surface area contributed by atoms with Crippen molar-refractivity contribution in [3.05, 3.63) is 0 Å². The highest BCUT2D eigenvalue weighted by Gasteiger charge is 2.58. The Balaban J connectivity index is 2.59. The summed E-state index contributed by atoms with van der Waals surface area (Å²) in [6, 6.07) is 0. The van der Waals surface area contributed by atoms with Gasteiger partial charge in [-0.25, -0.2) is 0 Å². The van der Waals surface area contributed by atoms with Gasteiger partial charge in [0.25, 0.3) is 0 Å². The van der Waals surface area contributed by atoms with Crippen LogP contribution < -0.4 is 0 Å². The number of carboxylic acids is 1. The van der Waals surface area contributed by atoms with Gasteiger partial charge < -0.3 is 10.2 Å². The van der Waals surface area contributed by atoms with Gasteiger partial charge in [0.2, 0.25) is 0 Å². The maximum atomic E-state index is 10.5. The quantitative estimate of drug-likeness (QED) is 0.605. The number of aliphatic hydroxyl groups is 1. The van der Waals surface area contributed by atoms with E-state index in [1.54, 1.807) is 0 Å². The minimum atomic E-state index is -0.846. The number of rotatable bonds is 3. The third kappa shape index (κ3) is 0.814. The molecule has 10 heavy (non-hydrogen) atoms. The van der Waals surface area contributed by atoms with E-state index in [9.17, 15) is 4.79 Å². The molecule has 0 radical (unpaired) electrons. The Labute approximate surface area is 59.7 Å². The van der Waals surface area contributed by atoms with Gasteiger partial charge in [-0.2, -0.15) is 0 Å². The number of hydrogen-bond donors (Lipinski definition) is 2. The SMILES string of the molecule is CCC1CC1(CO)C(=O)O. The lowest BCUT2D eigenvalue weighted by Gasteiger charge is -2.05. The smallest absolute Gasteiger partial charge is 0.312 e. The fraction of sp³-hybridized carbons (Fsp3) is 0.857. The molecule has 0 amide bonds. The van der Waals surface area contributed by atoms with E-state index >= 15 is 0 Å². The van der Waals surface area contributed by atoms with Crippen LogP contribution in [0, 0.1) is 11.3 Å². The fourth-order valence-corrected chi connectivity index (χ4v) is 1.44. The van der Waals surface area contributed by atoms with E-state index in [1.807, 2.05) is 6.92 Å². The van der Waals surface area contributed by atoms with Gasteiger partial charge in [-0.15, -0.1) is 0 Å². The van der Waals surface area contributed by atoms with Crippen molar-refractivity contribution in [3.8, 4) is 0 Å². The molecule has 1 saturated carbocycles. The Bertz CT molecular complexity index is 155. The molecule has 1 aliphatic rings.